The van der Waals surface area contributed by atoms with Crippen molar-refractivity contribution >= 4 is 33.5 Å². The smallest absolute Gasteiger partial charge is 0.278 e. The molecule has 0 atom stereocenters. The summed E-state index contributed by atoms with van der Waals surface area (Å²) in [6, 6.07) is 17.0. The van der Waals surface area contributed by atoms with Gasteiger partial charge in [0.15, 0.2) is 0 Å². The van der Waals surface area contributed by atoms with E-state index < -0.39 is 0 Å². The van der Waals surface area contributed by atoms with Gasteiger partial charge in [-0.3, -0.25) is 0 Å². The lowest BCUT2D eigenvalue weighted by Crippen LogP contribution is -1.85. The fourth-order valence-electron chi connectivity index (χ4n) is 3.76. The van der Waals surface area contributed by atoms with E-state index in [1.54, 1.807) is 0 Å². The van der Waals surface area contributed by atoms with Gasteiger partial charge in [0, 0.05) is 28.3 Å². The van der Waals surface area contributed by atoms with Crippen molar-refractivity contribution in [1.29, 1.82) is 0 Å². The maximum atomic E-state index is 6.10. The van der Waals surface area contributed by atoms with Gasteiger partial charge in [-0.15, -0.1) is 0 Å². The third kappa shape index (κ3) is 2.23. The lowest BCUT2D eigenvalue weighted by atomic mass is 10.0. The SMILES string of the molecule is Cc1cc(C)c2c(c1)c1cc(C)cc(C)c1[o+]2-c1ccc(Cl)cc1. The van der Waals surface area contributed by atoms with E-state index in [1.165, 1.54) is 44.2 Å². The second-order valence-electron chi connectivity index (χ2n) is 6.68. The van der Waals surface area contributed by atoms with Crippen molar-refractivity contribution < 1.29 is 4.05 Å². The minimum atomic E-state index is 0.750. The van der Waals surface area contributed by atoms with Crippen LogP contribution in [0.4, 0.5) is 0 Å². The number of benzene rings is 3. The van der Waals surface area contributed by atoms with Crippen molar-refractivity contribution in [2.24, 2.45) is 0 Å². The molecule has 0 radical (unpaired) electrons. The first-order valence-electron chi connectivity index (χ1n) is 8.18. The summed E-state index contributed by atoms with van der Waals surface area (Å²) in [5.41, 5.74) is 7.50. The van der Waals surface area contributed by atoms with Crippen molar-refractivity contribution in [3.63, 3.8) is 0 Å². The van der Waals surface area contributed by atoms with E-state index in [2.05, 4.69) is 68.1 Å². The van der Waals surface area contributed by atoms with Gasteiger partial charge in [0.1, 0.15) is 0 Å². The van der Waals surface area contributed by atoms with E-state index in [0.29, 0.717) is 0 Å². The number of fused-ring (bicyclic) bond motifs is 3. The highest BCUT2D eigenvalue weighted by molar-refractivity contribution is 6.30. The summed E-state index contributed by atoms with van der Waals surface area (Å²) >= 11 is 6.10. The van der Waals surface area contributed by atoms with Crippen molar-refractivity contribution in [3.8, 4) is 5.75 Å². The van der Waals surface area contributed by atoms with Crippen LogP contribution >= 0.6 is 11.6 Å². The first-order chi connectivity index (χ1) is 11.5. The zero-order valence-corrected chi connectivity index (χ0v) is 15.2. The lowest BCUT2D eigenvalue weighted by Gasteiger charge is -2.07. The van der Waals surface area contributed by atoms with Crippen molar-refractivity contribution in [2.75, 3.05) is 0 Å². The van der Waals surface area contributed by atoms with E-state index >= 15 is 0 Å². The Morgan fingerprint density at radius 1 is 0.667 bits per heavy atom. The van der Waals surface area contributed by atoms with E-state index in [0.717, 1.165) is 10.8 Å². The summed E-state index contributed by atoms with van der Waals surface area (Å²) < 4.78 is 3.42. The highest BCUT2D eigenvalue weighted by atomic mass is 35.5. The minimum Gasteiger partial charge on any atom is -0.498 e. The van der Waals surface area contributed by atoms with Crippen LogP contribution in [0.2, 0.25) is 5.02 Å². The number of rotatable bonds is 1. The van der Waals surface area contributed by atoms with Crippen LogP contribution in [0.5, 0.6) is 0 Å². The number of halogens is 1. The van der Waals surface area contributed by atoms with Gasteiger partial charge in [0.25, 0.3) is 16.9 Å². The van der Waals surface area contributed by atoms with Crippen LogP contribution in [-0.2, 0) is 0 Å². The number of aryl methyl sites for hydroxylation is 4. The van der Waals surface area contributed by atoms with Crippen LogP contribution in [0.25, 0.3) is 27.7 Å². The third-order valence-corrected chi connectivity index (χ3v) is 4.84. The molecular weight excluding hydrogens is 316 g/mol. The molecule has 4 aromatic rings. The quantitative estimate of drug-likeness (QED) is 0.325. The van der Waals surface area contributed by atoms with Crippen LogP contribution in [0.15, 0.2) is 52.6 Å². The Kier molecular flexibility index (Phi) is 3.43. The molecule has 1 heterocycles. The Morgan fingerprint density at radius 2 is 1.12 bits per heavy atom. The molecule has 1 aromatic heterocycles. The summed E-state index contributed by atoms with van der Waals surface area (Å²) in [6.45, 7) is 8.67. The monoisotopic (exact) mass is 335 g/mol. The molecule has 0 amide bonds. The van der Waals surface area contributed by atoms with E-state index in [-0.39, 0.29) is 0 Å². The molecular formula is C22H20ClO+. The summed E-state index contributed by atoms with van der Waals surface area (Å²) in [4.78, 5) is 0. The minimum absolute atomic E-state index is 0.750. The van der Waals surface area contributed by atoms with Gasteiger partial charge in [-0.1, -0.05) is 11.6 Å². The molecule has 0 saturated heterocycles. The van der Waals surface area contributed by atoms with Crippen molar-refractivity contribution in [1.82, 2.24) is 0 Å². The molecule has 0 aliphatic rings. The Balaban J connectivity index is 2.27. The average Bonchev–Trinajstić information content (AvgIpc) is 2.83. The van der Waals surface area contributed by atoms with Gasteiger partial charge in [-0.2, -0.15) is 0 Å². The summed E-state index contributed by atoms with van der Waals surface area (Å²) in [5.74, 6) is 1.07. The molecule has 3 aromatic carbocycles. The Labute approximate surface area is 147 Å². The normalized spacial score (nSPS) is 11.5. The van der Waals surface area contributed by atoms with E-state index in [1.807, 2.05) is 12.1 Å². The van der Waals surface area contributed by atoms with Gasteiger partial charge >= 0.3 is 0 Å². The number of hydrogen-bond donors (Lipinski definition) is 0. The van der Waals surface area contributed by atoms with Crippen molar-refractivity contribution in [3.05, 3.63) is 75.8 Å². The Morgan fingerprint density at radius 3 is 1.58 bits per heavy atom. The maximum absolute atomic E-state index is 6.10. The predicted octanol–water partition coefficient (Wildman–Crippen LogP) is 7.15. The van der Waals surface area contributed by atoms with Gasteiger partial charge in [0.05, 0.1) is 10.8 Å². The van der Waals surface area contributed by atoms with Crippen LogP contribution in [0.1, 0.15) is 22.3 Å². The average molecular weight is 336 g/mol. The molecule has 0 fully saturated rings. The second kappa shape index (κ2) is 5.39. The van der Waals surface area contributed by atoms with Gasteiger partial charge in [-0.25, -0.2) is 0 Å². The second-order valence-corrected chi connectivity index (χ2v) is 7.11. The Hall–Kier alpha value is -2.25. The van der Waals surface area contributed by atoms with Crippen LogP contribution < -0.4 is 0 Å². The molecule has 4 rings (SSSR count). The standard InChI is InChI=1S/C22H20ClO/c1-13-9-15(3)21-19(11-13)20-12-14(2)10-16(4)22(20)24(21)18-7-5-17(23)6-8-18/h5-12H,1-4H3/q+1. The molecule has 0 aliphatic heterocycles. The first-order valence-corrected chi connectivity index (χ1v) is 8.56. The summed E-state index contributed by atoms with van der Waals surface area (Å²) in [7, 11) is 0. The predicted molar refractivity (Wildman–Crippen MR) is 104 cm³/mol. The van der Waals surface area contributed by atoms with Crippen LogP contribution in [0.3, 0.4) is 0 Å². The van der Waals surface area contributed by atoms with Crippen LogP contribution in [-0.4, -0.2) is 0 Å². The topological polar surface area (TPSA) is 2.70 Å². The molecule has 0 aliphatic carbocycles. The van der Waals surface area contributed by atoms with Crippen LogP contribution in [0, 0.1) is 27.7 Å². The van der Waals surface area contributed by atoms with Crippen molar-refractivity contribution in [2.45, 2.75) is 27.7 Å². The molecule has 0 spiro atoms. The van der Waals surface area contributed by atoms with E-state index in [9.17, 15) is 0 Å². The lowest BCUT2D eigenvalue weighted by molar-refractivity contribution is 0.375. The maximum Gasteiger partial charge on any atom is 0.278 e. The Bertz CT molecular complexity index is 1020. The molecule has 120 valence electrons. The molecule has 0 bridgehead atoms. The number of furan rings is 1. The largest absolute Gasteiger partial charge is 0.498 e. The fraction of sp³-hybridized carbons (Fsp3) is 0.182. The zero-order chi connectivity index (χ0) is 17.0. The first kappa shape index (κ1) is 15.3. The summed E-state index contributed by atoms with van der Waals surface area (Å²) in [5, 5.41) is 3.32. The fourth-order valence-corrected chi connectivity index (χ4v) is 3.89. The third-order valence-electron chi connectivity index (χ3n) is 4.59. The molecule has 0 unspecified atom stereocenters. The van der Waals surface area contributed by atoms with Gasteiger partial charge < -0.3 is 4.05 Å². The number of hydrogen-bond acceptors (Lipinski definition) is 0. The molecule has 1 nitrogen and oxygen atoms in total. The summed E-state index contributed by atoms with van der Waals surface area (Å²) in [6.07, 6.45) is 0. The zero-order valence-electron chi connectivity index (χ0n) is 14.4. The molecule has 24 heavy (non-hydrogen) atoms. The van der Waals surface area contributed by atoms with Gasteiger partial charge in [-0.05, 0) is 75.2 Å². The molecule has 2 heteroatoms. The van der Waals surface area contributed by atoms with Gasteiger partial charge in [0.2, 0.25) is 0 Å². The highest BCUT2D eigenvalue weighted by Gasteiger charge is 2.24. The molecule has 0 N–H and O–H groups in total. The molecule has 0 saturated carbocycles. The highest BCUT2D eigenvalue weighted by Crippen LogP contribution is 2.42. The van der Waals surface area contributed by atoms with E-state index in [4.69, 9.17) is 11.6 Å².